The van der Waals surface area contributed by atoms with E-state index in [1.54, 1.807) is 48.5 Å². The number of esters is 2. The van der Waals surface area contributed by atoms with E-state index in [-0.39, 0.29) is 42.0 Å². The number of benzene rings is 4. The number of hydrogen-bond donors (Lipinski definition) is 4. The van der Waals surface area contributed by atoms with Gasteiger partial charge in [-0.25, -0.2) is 9.59 Å². The van der Waals surface area contributed by atoms with Gasteiger partial charge in [0.2, 0.25) is 0 Å². The maximum absolute atomic E-state index is 12.6. The topological polar surface area (TPSA) is 170 Å². The minimum atomic E-state index is -1.32. The molecular weight excluding hydrogens is 660 g/mol. The molecule has 12 heteroatoms. The molecule has 0 amide bonds. The number of phenolic OH excluding ortho intramolecular Hbond substituents is 3. The molecule has 4 rings (SSSR count). The van der Waals surface area contributed by atoms with Gasteiger partial charge in [0, 0.05) is 12.2 Å². The lowest BCUT2D eigenvalue weighted by atomic mass is 10.0. The fourth-order valence-electron chi connectivity index (χ4n) is 4.83. The Hall–Kier alpha value is -6.14. The van der Waals surface area contributed by atoms with Gasteiger partial charge in [0.05, 0.1) is 27.9 Å². The summed E-state index contributed by atoms with van der Waals surface area (Å²) in [5, 5.41) is 40.6. The third kappa shape index (κ3) is 11.2. The maximum Gasteiger partial charge on any atom is 0.330 e. The minimum Gasteiger partial charge on any atom is -0.508 e. The van der Waals surface area contributed by atoms with E-state index in [4.69, 9.17) is 28.4 Å². The number of hydrogen-bond acceptors (Lipinski definition) is 12. The van der Waals surface area contributed by atoms with Gasteiger partial charge >= 0.3 is 11.9 Å². The summed E-state index contributed by atoms with van der Waals surface area (Å²) in [6.07, 6.45) is 4.23. The lowest BCUT2D eigenvalue weighted by Crippen LogP contribution is -2.31. The van der Waals surface area contributed by atoms with Crippen molar-refractivity contribution in [2.24, 2.45) is 0 Å². The van der Waals surface area contributed by atoms with Crippen molar-refractivity contribution in [3.63, 3.8) is 0 Å². The average Bonchev–Trinajstić information content (AvgIpc) is 3.14. The molecule has 0 radical (unpaired) electrons. The Morgan fingerprint density at radius 3 is 1.96 bits per heavy atom. The Morgan fingerprint density at radius 1 is 0.667 bits per heavy atom. The first-order chi connectivity index (χ1) is 24.6. The second-order valence-electron chi connectivity index (χ2n) is 11.1. The number of aliphatic hydroxyl groups is 1. The summed E-state index contributed by atoms with van der Waals surface area (Å²) in [6, 6.07) is 20.5. The largest absolute Gasteiger partial charge is 0.508 e. The van der Waals surface area contributed by atoms with Crippen LogP contribution in [0.4, 0.5) is 0 Å². The number of phenols is 3. The Kier molecular flexibility index (Phi) is 13.7. The molecular formula is C39H40O12. The van der Waals surface area contributed by atoms with Gasteiger partial charge in [0.25, 0.3) is 0 Å². The SMILES string of the molecule is COc1cc(/C=C/C(=O)OCCCc2ccc(O[C@@H](COC(=O)/C=C/c3ccc(O)cc3)[C@@H](O)c3ccc(O)c(OC)c3)c(OC)c2)ccc1O. The van der Waals surface area contributed by atoms with Gasteiger partial charge in [0.15, 0.2) is 40.6 Å². The number of ether oxygens (including phenoxy) is 6. The molecule has 0 aliphatic rings. The van der Waals surface area contributed by atoms with Gasteiger partial charge in [0.1, 0.15) is 18.5 Å². The monoisotopic (exact) mass is 700 g/mol. The van der Waals surface area contributed by atoms with Crippen molar-refractivity contribution in [2.75, 3.05) is 34.5 Å². The zero-order chi connectivity index (χ0) is 36.8. The van der Waals surface area contributed by atoms with Gasteiger partial charge in [-0.3, -0.25) is 0 Å². The lowest BCUT2D eigenvalue weighted by Gasteiger charge is -2.25. The van der Waals surface area contributed by atoms with Crippen molar-refractivity contribution < 1.29 is 58.4 Å². The van der Waals surface area contributed by atoms with Crippen LogP contribution >= 0.6 is 0 Å². The summed E-state index contributed by atoms with van der Waals surface area (Å²) in [5.74, 6) is -0.166. The first-order valence-corrected chi connectivity index (χ1v) is 15.8. The number of carbonyl (C=O) groups is 2. The van der Waals surface area contributed by atoms with E-state index in [1.165, 1.54) is 76.0 Å². The number of rotatable bonds is 17. The van der Waals surface area contributed by atoms with Crippen LogP contribution in [0, 0.1) is 0 Å². The molecule has 0 saturated carbocycles. The van der Waals surface area contributed by atoms with Crippen LogP contribution in [0.2, 0.25) is 0 Å². The number of aliphatic hydroxyl groups excluding tert-OH is 1. The molecule has 12 nitrogen and oxygen atoms in total. The molecule has 0 aliphatic carbocycles. The van der Waals surface area contributed by atoms with Gasteiger partial charge in [-0.15, -0.1) is 0 Å². The lowest BCUT2D eigenvalue weighted by molar-refractivity contribution is -0.142. The molecule has 0 bridgehead atoms. The summed E-state index contributed by atoms with van der Waals surface area (Å²) < 4.78 is 32.8. The summed E-state index contributed by atoms with van der Waals surface area (Å²) in [7, 11) is 4.29. The van der Waals surface area contributed by atoms with E-state index in [2.05, 4.69) is 0 Å². The molecule has 0 saturated heterocycles. The first kappa shape index (κ1) is 37.7. The average molecular weight is 701 g/mol. The maximum atomic E-state index is 12.6. The van der Waals surface area contributed by atoms with Crippen molar-refractivity contribution in [3.8, 4) is 40.2 Å². The van der Waals surface area contributed by atoms with Crippen molar-refractivity contribution in [2.45, 2.75) is 25.0 Å². The highest BCUT2D eigenvalue weighted by atomic mass is 16.6. The second kappa shape index (κ2) is 18.6. The quantitative estimate of drug-likeness (QED) is 0.0598. The van der Waals surface area contributed by atoms with Gasteiger partial charge in [-0.1, -0.05) is 30.3 Å². The molecule has 0 spiro atoms. The summed E-state index contributed by atoms with van der Waals surface area (Å²) in [4.78, 5) is 24.8. The van der Waals surface area contributed by atoms with Crippen molar-refractivity contribution in [3.05, 3.63) is 113 Å². The molecule has 4 aromatic rings. The van der Waals surface area contributed by atoms with Gasteiger partial charge < -0.3 is 48.8 Å². The smallest absolute Gasteiger partial charge is 0.330 e. The summed E-state index contributed by atoms with van der Waals surface area (Å²) in [6.45, 7) is -0.187. The predicted molar refractivity (Wildman–Crippen MR) is 188 cm³/mol. The van der Waals surface area contributed by atoms with Gasteiger partial charge in [-0.2, -0.15) is 0 Å². The van der Waals surface area contributed by atoms with Crippen LogP contribution in [0.25, 0.3) is 12.2 Å². The van der Waals surface area contributed by atoms with Crippen LogP contribution in [-0.2, 0) is 25.5 Å². The van der Waals surface area contributed by atoms with Crippen LogP contribution < -0.4 is 18.9 Å². The Bertz CT molecular complexity index is 1830. The van der Waals surface area contributed by atoms with Crippen LogP contribution in [0.3, 0.4) is 0 Å². The highest BCUT2D eigenvalue weighted by molar-refractivity contribution is 5.87. The number of methoxy groups -OCH3 is 3. The number of aromatic hydroxyl groups is 3. The fourth-order valence-corrected chi connectivity index (χ4v) is 4.83. The van der Waals surface area contributed by atoms with Crippen LogP contribution in [0.15, 0.2) is 91.0 Å². The van der Waals surface area contributed by atoms with E-state index in [0.717, 1.165) is 5.56 Å². The number of aryl methyl sites for hydroxylation is 1. The molecule has 2 atom stereocenters. The molecule has 0 aliphatic heterocycles. The fraction of sp³-hybridized carbons (Fsp3) is 0.231. The molecule has 51 heavy (non-hydrogen) atoms. The van der Waals surface area contributed by atoms with E-state index in [1.807, 2.05) is 0 Å². The molecule has 0 heterocycles. The molecule has 4 aromatic carbocycles. The van der Waals surface area contributed by atoms with E-state index >= 15 is 0 Å². The van der Waals surface area contributed by atoms with Crippen LogP contribution in [0.5, 0.6) is 40.2 Å². The molecule has 0 aromatic heterocycles. The van der Waals surface area contributed by atoms with E-state index < -0.39 is 24.1 Å². The van der Waals surface area contributed by atoms with E-state index in [0.29, 0.717) is 41.0 Å². The van der Waals surface area contributed by atoms with Crippen molar-refractivity contribution >= 4 is 24.1 Å². The first-order valence-electron chi connectivity index (χ1n) is 15.8. The minimum absolute atomic E-state index is 0.00146. The summed E-state index contributed by atoms with van der Waals surface area (Å²) in [5.41, 5.74) is 2.54. The normalized spacial score (nSPS) is 12.3. The zero-order valence-electron chi connectivity index (χ0n) is 28.4. The Morgan fingerprint density at radius 2 is 1.27 bits per heavy atom. The van der Waals surface area contributed by atoms with Gasteiger partial charge in [-0.05, 0) is 95.8 Å². The highest BCUT2D eigenvalue weighted by Crippen LogP contribution is 2.34. The zero-order valence-corrected chi connectivity index (χ0v) is 28.4. The van der Waals surface area contributed by atoms with Crippen LogP contribution in [-0.4, -0.2) is 73.0 Å². The summed E-state index contributed by atoms with van der Waals surface area (Å²) >= 11 is 0. The molecule has 0 unspecified atom stereocenters. The van der Waals surface area contributed by atoms with E-state index in [9.17, 15) is 30.0 Å². The Labute approximate surface area is 295 Å². The third-order valence-corrected chi connectivity index (χ3v) is 7.57. The van der Waals surface area contributed by atoms with Crippen LogP contribution in [0.1, 0.15) is 34.8 Å². The molecule has 0 fully saturated rings. The number of carbonyl (C=O) groups excluding carboxylic acids is 2. The standard InChI is InChI=1S/C39H40O12/c1-46-33-21-27(8-15-30(33)41)11-19-37(43)49-20-4-5-26-9-17-32(35(22-26)48-3)51-36(39(45)28-12-16-31(42)34(23-28)47-2)24-50-38(44)18-10-25-6-13-29(40)14-7-25/h6-19,21-23,36,39-42,45H,4-5,20,24H2,1-3H3/b18-10+,19-11+/t36-,39-/m0/s1. The third-order valence-electron chi connectivity index (χ3n) is 7.57. The van der Waals surface area contributed by atoms with Crippen molar-refractivity contribution in [1.82, 2.24) is 0 Å². The second-order valence-corrected chi connectivity index (χ2v) is 11.1. The predicted octanol–water partition coefficient (Wildman–Crippen LogP) is 5.76. The molecule has 268 valence electrons. The highest BCUT2D eigenvalue weighted by Gasteiger charge is 2.27. The van der Waals surface area contributed by atoms with Crippen molar-refractivity contribution in [1.29, 1.82) is 0 Å². The molecule has 4 N–H and O–H groups in total. The Balaban J connectivity index is 1.39.